The molecule has 3 heteroatoms. The van der Waals surface area contributed by atoms with Crippen LogP contribution >= 0.6 is 0 Å². The van der Waals surface area contributed by atoms with Crippen LogP contribution in [0.3, 0.4) is 0 Å². The monoisotopic (exact) mass is 239 g/mol. The van der Waals surface area contributed by atoms with Gasteiger partial charge in [0.25, 0.3) is 0 Å². The Hall–Kier alpha value is -0.410. The average Bonchev–Trinajstić information content (AvgIpc) is 2.43. The van der Waals surface area contributed by atoms with Crippen molar-refractivity contribution in [2.24, 2.45) is 5.92 Å². The summed E-state index contributed by atoms with van der Waals surface area (Å²) in [6.45, 7) is 7.95. The van der Waals surface area contributed by atoms with Crippen LogP contribution in [-0.2, 0) is 9.53 Å². The van der Waals surface area contributed by atoms with Gasteiger partial charge in [0, 0.05) is 32.0 Å². The van der Waals surface area contributed by atoms with Crippen molar-refractivity contribution in [3.8, 4) is 0 Å². The van der Waals surface area contributed by atoms with Gasteiger partial charge < -0.3 is 4.74 Å². The van der Waals surface area contributed by atoms with Crippen molar-refractivity contribution in [3.63, 3.8) is 0 Å². The topological polar surface area (TPSA) is 29.5 Å². The fraction of sp³-hybridized carbons (Fsp3) is 0.929. The zero-order valence-electron chi connectivity index (χ0n) is 11.2. The van der Waals surface area contributed by atoms with E-state index in [1.54, 1.807) is 0 Å². The molecule has 1 heterocycles. The van der Waals surface area contributed by atoms with Crippen molar-refractivity contribution in [1.29, 1.82) is 0 Å². The third-order valence-electron chi connectivity index (χ3n) is 3.91. The number of morpholine rings is 1. The Bertz CT molecular complexity index is 275. The molecule has 1 aliphatic heterocycles. The smallest absolute Gasteiger partial charge is 0.137 e. The first-order chi connectivity index (χ1) is 8.07. The normalized spacial score (nSPS) is 31.2. The van der Waals surface area contributed by atoms with Crippen LogP contribution in [0.1, 0.15) is 46.0 Å². The molecular formula is C14H25NO2. The highest BCUT2D eigenvalue weighted by atomic mass is 16.5. The van der Waals surface area contributed by atoms with Crippen LogP contribution in [-0.4, -0.2) is 42.5 Å². The van der Waals surface area contributed by atoms with Gasteiger partial charge >= 0.3 is 0 Å². The second-order valence-electron chi connectivity index (χ2n) is 6.11. The first-order valence-electron chi connectivity index (χ1n) is 6.96. The minimum absolute atomic E-state index is 0.0496. The van der Waals surface area contributed by atoms with Crippen molar-refractivity contribution < 1.29 is 9.53 Å². The minimum atomic E-state index is -0.0496. The molecule has 0 radical (unpaired) electrons. The number of hydrogen-bond donors (Lipinski definition) is 0. The summed E-state index contributed by atoms with van der Waals surface area (Å²) in [4.78, 5) is 14.4. The van der Waals surface area contributed by atoms with Gasteiger partial charge in [-0.1, -0.05) is 12.8 Å². The van der Waals surface area contributed by atoms with Crippen LogP contribution < -0.4 is 0 Å². The molecule has 2 rings (SSSR count). The highest BCUT2D eigenvalue weighted by Crippen LogP contribution is 2.23. The molecule has 0 spiro atoms. The van der Waals surface area contributed by atoms with Gasteiger partial charge in [-0.3, -0.25) is 9.69 Å². The summed E-state index contributed by atoms with van der Waals surface area (Å²) in [6.07, 6.45) is 5.46. The van der Waals surface area contributed by atoms with Gasteiger partial charge in [-0.15, -0.1) is 0 Å². The molecule has 0 N–H and O–H groups in total. The molecule has 1 aliphatic carbocycles. The summed E-state index contributed by atoms with van der Waals surface area (Å²) in [5.41, 5.74) is -0.0496. The van der Waals surface area contributed by atoms with E-state index in [0.717, 1.165) is 45.5 Å². The number of rotatable bonds is 2. The largest absolute Gasteiger partial charge is 0.373 e. The lowest BCUT2D eigenvalue weighted by Crippen LogP contribution is -2.50. The van der Waals surface area contributed by atoms with Crippen molar-refractivity contribution in [1.82, 2.24) is 4.90 Å². The molecule has 0 aromatic heterocycles. The number of carbonyl (C=O) groups excluding carboxylic acids is 1. The summed E-state index contributed by atoms with van der Waals surface area (Å²) in [7, 11) is 0. The highest BCUT2D eigenvalue weighted by Gasteiger charge is 2.30. The Morgan fingerprint density at radius 3 is 2.94 bits per heavy atom. The maximum atomic E-state index is 12.0. The van der Waals surface area contributed by atoms with E-state index < -0.39 is 0 Å². The average molecular weight is 239 g/mol. The Labute approximate surface area is 105 Å². The van der Waals surface area contributed by atoms with Crippen LogP contribution in [0.5, 0.6) is 0 Å². The number of ether oxygens (including phenoxy) is 1. The van der Waals surface area contributed by atoms with E-state index >= 15 is 0 Å². The van der Waals surface area contributed by atoms with Gasteiger partial charge in [0.15, 0.2) is 0 Å². The van der Waals surface area contributed by atoms with E-state index in [2.05, 4.69) is 18.7 Å². The summed E-state index contributed by atoms with van der Waals surface area (Å²) in [5.74, 6) is 0.776. The number of ketones is 1. The molecule has 0 amide bonds. The summed E-state index contributed by atoms with van der Waals surface area (Å²) in [5, 5.41) is 0. The molecule has 1 saturated carbocycles. The molecule has 17 heavy (non-hydrogen) atoms. The summed E-state index contributed by atoms with van der Waals surface area (Å²) < 4.78 is 5.71. The Morgan fingerprint density at radius 1 is 1.35 bits per heavy atom. The lowest BCUT2D eigenvalue weighted by molar-refractivity contribution is -0.126. The lowest BCUT2D eigenvalue weighted by atomic mass is 9.97. The van der Waals surface area contributed by atoms with Gasteiger partial charge in [0.05, 0.1) is 12.2 Å². The standard InChI is InChI=1S/C14H25NO2/c1-14(2)11-15(8-9-17-14)10-12-6-4-3-5-7-13(12)16/h12H,3-11H2,1-2H3. The van der Waals surface area contributed by atoms with Crippen LogP contribution in [0, 0.1) is 5.92 Å². The molecule has 1 unspecified atom stereocenters. The number of carbonyl (C=O) groups is 1. The summed E-state index contributed by atoms with van der Waals surface area (Å²) in [6, 6.07) is 0. The van der Waals surface area contributed by atoms with Gasteiger partial charge in [0.1, 0.15) is 5.78 Å². The van der Waals surface area contributed by atoms with Crippen LogP contribution in [0.25, 0.3) is 0 Å². The van der Waals surface area contributed by atoms with Gasteiger partial charge in [-0.25, -0.2) is 0 Å². The molecular weight excluding hydrogens is 214 g/mol. The third-order valence-corrected chi connectivity index (χ3v) is 3.91. The second kappa shape index (κ2) is 5.49. The van der Waals surface area contributed by atoms with Crippen molar-refractivity contribution in [2.45, 2.75) is 51.6 Å². The first-order valence-corrected chi connectivity index (χ1v) is 6.96. The van der Waals surface area contributed by atoms with Crippen molar-refractivity contribution >= 4 is 5.78 Å². The van der Waals surface area contributed by atoms with E-state index in [-0.39, 0.29) is 11.5 Å². The van der Waals surface area contributed by atoms with Crippen molar-refractivity contribution in [3.05, 3.63) is 0 Å². The molecule has 3 nitrogen and oxygen atoms in total. The SMILES string of the molecule is CC1(C)CN(CC2CCCCCC2=O)CCO1. The maximum absolute atomic E-state index is 12.0. The quantitative estimate of drug-likeness (QED) is 0.692. The fourth-order valence-corrected chi connectivity index (χ4v) is 3.01. The molecule has 0 aromatic rings. The van der Waals surface area contributed by atoms with Gasteiger partial charge in [-0.2, -0.15) is 0 Å². The maximum Gasteiger partial charge on any atom is 0.137 e. The molecule has 1 atom stereocenters. The Kier molecular flexibility index (Phi) is 4.21. The van der Waals surface area contributed by atoms with Crippen LogP contribution in [0.15, 0.2) is 0 Å². The first kappa shape index (κ1) is 13.0. The predicted octanol–water partition coefficient (Wildman–Crippen LogP) is 2.25. The fourth-order valence-electron chi connectivity index (χ4n) is 3.01. The second-order valence-corrected chi connectivity index (χ2v) is 6.11. The molecule has 2 aliphatic rings. The zero-order valence-corrected chi connectivity index (χ0v) is 11.2. The number of nitrogens with zero attached hydrogens (tertiary/aromatic N) is 1. The van der Waals surface area contributed by atoms with E-state index in [0.29, 0.717) is 5.78 Å². The molecule has 0 bridgehead atoms. The van der Waals surface area contributed by atoms with E-state index in [1.807, 2.05) is 0 Å². The van der Waals surface area contributed by atoms with Gasteiger partial charge in [-0.05, 0) is 26.7 Å². The minimum Gasteiger partial charge on any atom is -0.373 e. The molecule has 2 fully saturated rings. The molecule has 0 aromatic carbocycles. The number of hydrogen-bond acceptors (Lipinski definition) is 3. The Morgan fingerprint density at radius 2 is 2.18 bits per heavy atom. The summed E-state index contributed by atoms with van der Waals surface area (Å²) >= 11 is 0. The van der Waals surface area contributed by atoms with E-state index in [1.165, 1.54) is 12.8 Å². The van der Waals surface area contributed by atoms with Crippen molar-refractivity contribution in [2.75, 3.05) is 26.2 Å². The van der Waals surface area contributed by atoms with Crippen LogP contribution in [0.2, 0.25) is 0 Å². The molecule has 98 valence electrons. The molecule has 1 saturated heterocycles. The van der Waals surface area contributed by atoms with Crippen LogP contribution in [0.4, 0.5) is 0 Å². The predicted molar refractivity (Wildman–Crippen MR) is 68.1 cm³/mol. The third kappa shape index (κ3) is 3.78. The van der Waals surface area contributed by atoms with Gasteiger partial charge in [0.2, 0.25) is 0 Å². The van der Waals surface area contributed by atoms with E-state index in [9.17, 15) is 4.79 Å². The zero-order chi connectivity index (χ0) is 12.3. The number of Topliss-reactive ketones (excluding diaryl/α,β-unsaturated/α-hetero) is 1. The lowest BCUT2D eigenvalue weighted by Gasteiger charge is -2.39. The highest BCUT2D eigenvalue weighted by molar-refractivity contribution is 5.81. The van der Waals surface area contributed by atoms with E-state index in [4.69, 9.17) is 4.74 Å². The Balaban J connectivity index is 1.88.